The van der Waals surface area contributed by atoms with Crippen molar-refractivity contribution >= 4 is 61.8 Å². The van der Waals surface area contributed by atoms with Crippen molar-refractivity contribution in [2.75, 3.05) is 16.8 Å². The van der Waals surface area contributed by atoms with Gasteiger partial charge >= 0.3 is 0 Å². The number of anilines is 2. The first kappa shape index (κ1) is 29.4. The number of benzene rings is 7. The number of aliphatic imine (C=N–C) groups is 1. The second-order valence-corrected chi connectivity index (χ2v) is 14.6. The van der Waals surface area contributed by atoms with Gasteiger partial charge in [0.1, 0.15) is 0 Å². The first-order valence-corrected chi connectivity index (χ1v) is 18.2. The Kier molecular flexibility index (Phi) is 6.10. The predicted molar refractivity (Wildman–Crippen MR) is 217 cm³/mol. The first-order chi connectivity index (χ1) is 25.6. The van der Waals surface area contributed by atoms with Gasteiger partial charge in [-0.1, -0.05) is 140 Å². The van der Waals surface area contributed by atoms with E-state index in [0.29, 0.717) is 0 Å². The maximum Gasteiger partial charge on any atom is 0.200 e. The van der Waals surface area contributed by atoms with Gasteiger partial charge in [0.15, 0.2) is 6.29 Å². The molecule has 248 valence electrons. The van der Waals surface area contributed by atoms with Crippen molar-refractivity contribution in [1.82, 2.24) is 4.57 Å². The van der Waals surface area contributed by atoms with Gasteiger partial charge in [0.05, 0.1) is 22.3 Å². The Morgan fingerprint density at radius 3 is 2.23 bits per heavy atom. The Morgan fingerprint density at radius 2 is 1.35 bits per heavy atom. The lowest BCUT2D eigenvalue weighted by atomic mass is 9.79. The standard InChI is InChI=1S/C48H36N4/c1-48-30-34-18-7-6-17-33(34)28-40(48)37-26-25-35(51-42-23-13-10-20-38(42)45-36-19-9-8-14-31(36)24-27-43(45)51)29-44(37)52(48)47-49-46(32-15-4-3-5-16-32)39-21-11-12-22-41(39)50(47)2/h3-30,40,47H,1-2H3. The van der Waals surface area contributed by atoms with Crippen molar-refractivity contribution in [3.63, 3.8) is 0 Å². The average Bonchev–Trinajstić information content (AvgIpc) is 3.66. The van der Waals surface area contributed by atoms with Crippen LogP contribution in [-0.2, 0) is 0 Å². The van der Waals surface area contributed by atoms with E-state index in [4.69, 9.17) is 4.99 Å². The number of fused-ring (bicyclic) bond motifs is 10. The predicted octanol–water partition coefficient (Wildman–Crippen LogP) is 9.15. The molecule has 0 bridgehead atoms. The fourth-order valence-electron chi connectivity index (χ4n) is 9.40. The molecule has 3 unspecified atom stereocenters. The molecule has 8 aromatic rings. The monoisotopic (exact) mass is 668 g/mol. The molecule has 3 aliphatic rings. The van der Waals surface area contributed by atoms with Crippen LogP contribution >= 0.6 is 0 Å². The summed E-state index contributed by atoms with van der Waals surface area (Å²) in [5, 5.41) is 7.65. The smallest absolute Gasteiger partial charge is 0.200 e. The van der Waals surface area contributed by atoms with Crippen LogP contribution in [0.2, 0.25) is 0 Å². The lowest BCUT2D eigenvalue weighted by Gasteiger charge is -2.47. The molecule has 3 heterocycles. The van der Waals surface area contributed by atoms with Crippen molar-refractivity contribution in [1.29, 1.82) is 0 Å². The first-order valence-electron chi connectivity index (χ1n) is 18.2. The molecule has 4 heteroatoms. The van der Waals surface area contributed by atoms with Gasteiger partial charge in [-0.05, 0) is 64.0 Å². The summed E-state index contributed by atoms with van der Waals surface area (Å²) in [6.45, 7) is 2.41. The van der Waals surface area contributed by atoms with Crippen LogP contribution in [0.4, 0.5) is 11.4 Å². The lowest BCUT2D eigenvalue weighted by molar-refractivity contribution is 0.468. The largest absolute Gasteiger partial charge is 0.335 e. The van der Waals surface area contributed by atoms with Crippen molar-refractivity contribution in [2.24, 2.45) is 4.99 Å². The van der Waals surface area contributed by atoms with Crippen molar-refractivity contribution in [3.8, 4) is 5.69 Å². The van der Waals surface area contributed by atoms with Crippen LogP contribution in [0.1, 0.15) is 29.5 Å². The van der Waals surface area contributed by atoms with Crippen LogP contribution < -0.4 is 20.2 Å². The summed E-state index contributed by atoms with van der Waals surface area (Å²) in [5.74, 6) is 0.148. The SMILES string of the molecule is CN1c2ccccc2C(c2ccccc2)=NC1N1c2cc(-n3c4ccccc4c4c5ccccc5ccc43)ccc2C2C=c3ccccc3=CC21C. The maximum atomic E-state index is 5.70. The summed E-state index contributed by atoms with van der Waals surface area (Å²) >= 11 is 0. The molecule has 1 aromatic heterocycles. The summed E-state index contributed by atoms with van der Waals surface area (Å²) in [6, 6.07) is 57.5. The molecule has 0 N–H and O–H groups in total. The average molecular weight is 669 g/mol. The van der Waals surface area contributed by atoms with Gasteiger partial charge in [-0.3, -0.25) is 0 Å². The Balaban J connectivity index is 1.19. The minimum Gasteiger partial charge on any atom is -0.335 e. The van der Waals surface area contributed by atoms with E-state index in [0.717, 1.165) is 22.5 Å². The molecule has 0 amide bonds. The van der Waals surface area contributed by atoms with Gasteiger partial charge in [-0.25, -0.2) is 4.99 Å². The van der Waals surface area contributed by atoms with Crippen molar-refractivity contribution < 1.29 is 0 Å². The maximum absolute atomic E-state index is 5.70. The van der Waals surface area contributed by atoms with Crippen LogP contribution in [0, 0.1) is 0 Å². The summed E-state index contributed by atoms with van der Waals surface area (Å²) < 4.78 is 2.46. The number of aromatic nitrogens is 1. The molecule has 7 aromatic carbocycles. The third-order valence-electron chi connectivity index (χ3n) is 11.8. The van der Waals surface area contributed by atoms with Gasteiger partial charge in [-0.2, -0.15) is 0 Å². The van der Waals surface area contributed by atoms with Gasteiger partial charge in [-0.15, -0.1) is 0 Å². The van der Waals surface area contributed by atoms with E-state index in [-0.39, 0.29) is 17.7 Å². The fourth-order valence-corrected chi connectivity index (χ4v) is 9.40. The fraction of sp³-hybridized carbons (Fsp3) is 0.104. The Hall–Kier alpha value is -6.39. The van der Waals surface area contributed by atoms with Gasteiger partial charge in [0.25, 0.3) is 0 Å². The molecular formula is C48H36N4. The Bertz CT molecular complexity index is 2920. The Labute approximate surface area is 302 Å². The van der Waals surface area contributed by atoms with Crippen LogP contribution in [0.15, 0.2) is 163 Å². The third-order valence-corrected chi connectivity index (χ3v) is 11.8. The van der Waals surface area contributed by atoms with Crippen molar-refractivity contribution in [3.05, 3.63) is 185 Å². The van der Waals surface area contributed by atoms with Gasteiger partial charge in [0, 0.05) is 51.9 Å². The lowest BCUT2D eigenvalue weighted by Crippen LogP contribution is -2.58. The molecule has 0 fully saturated rings. The van der Waals surface area contributed by atoms with E-state index in [1.807, 2.05) is 0 Å². The summed E-state index contributed by atoms with van der Waals surface area (Å²) in [4.78, 5) is 10.7. The van der Waals surface area contributed by atoms with Crippen LogP contribution in [0.3, 0.4) is 0 Å². The van der Waals surface area contributed by atoms with E-state index >= 15 is 0 Å². The van der Waals surface area contributed by atoms with E-state index in [1.54, 1.807) is 0 Å². The zero-order valence-electron chi connectivity index (χ0n) is 29.1. The van der Waals surface area contributed by atoms with Gasteiger partial charge < -0.3 is 14.4 Å². The molecule has 52 heavy (non-hydrogen) atoms. The van der Waals surface area contributed by atoms with Crippen LogP contribution in [-0.4, -0.2) is 29.2 Å². The number of nitrogens with zero attached hydrogens (tertiary/aromatic N) is 4. The number of hydrogen-bond donors (Lipinski definition) is 0. The summed E-state index contributed by atoms with van der Waals surface area (Å²) in [7, 11) is 2.20. The summed E-state index contributed by atoms with van der Waals surface area (Å²) in [6.07, 6.45) is 4.69. The van der Waals surface area contributed by atoms with E-state index in [2.05, 4.69) is 198 Å². The van der Waals surface area contributed by atoms with E-state index in [1.165, 1.54) is 60.0 Å². The highest BCUT2D eigenvalue weighted by Gasteiger charge is 2.51. The number of rotatable bonds is 3. The zero-order valence-corrected chi connectivity index (χ0v) is 29.1. The third kappa shape index (κ3) is 4.00. The molecule has 4 nitrogen and oxygen atoms in total. The highest BCUT2D eigenvalue weighted by atomic mass is 15.5. The topological polar surface area (TPSA) is 23.8 Å². The normalized spacial score (nSPS) is 20.2. The Morgan fingerprint density at radius 1 is 0.615 bits per heavy atom. The minimum atomic E-state index is -0.372. The molecule has 3 atom stereocenters. The van der Waals surface area contributed by atoms with Gasteiger partial charge in [0.2, 0.25) is 0 Å². The van der Waals surface area contributed by atoms with E-state index in [9.17, 15) is 0 Å². The highest BCUT2D eigenvalue weighted by Crippen LogP contribution is 2.53. The quantitative estimate of drug-likeness (QED) is 0.188. The number of para-hydroxylation sites is 2. The number of hydrogen-bond acceptors (Lipinski definition) is 3. The highest BCUT2D eigenvalue weighted by molar-refractivity contribution is 6.21. The molecule has 11 rings (SSSR count). The molecule has 0 spiro atoms. The van der Waals surface area contributed by atoms with E-state index < -0.39 is 0 Å². The minimum absolute atomic E-state index is 0.148. The second kappa shape index (κ2) is 10.8. The van der Waals surface area contributed by atoms with Crippen molar-refractivity contribution in [2.45, 2.75) is 24.7 Å². The second-order valence-electron chi connectivity index (χ2n) is 14.6. The molecule has 1 aliphatic carbocycles. The molecule has 0 saturated carbocycles. The molecule has 0 radical (unpaired) electrons. The molecular weight excluding hydrogens is 633 g/mol. The molecule has 0 saturated heterocycles. The molecule has 2 aliphatic heterocycles. The van der Waals surface area contributed by atoms with Crippen LogP contribution in [0.25, 0.3) is 50.4 Å². The summed E-state index contributed by atoms with van der Waals surface area (Å²) in [5.41, 5.74) is 10.2. The van der Waals surface area contributed by atoms with Crippen LogP contribution in [0.5, 0.6) is 0 Å². The zero-order chi connectivity index (χ0) is 34.6.